The van der Waals surface area contributed by atoms with Gasteiger partial charge in [0.15, 0.2) is 0 Å². The van der Waals surface area contributed by atoms with Crippen molar-refractivity contribution in [2.75, 3.05) is 30.3 Å². The lowest BCUT2D eigenvalue weighted by molar-refractivity contribution is -0.114. The largest absolute Gasteiger partial charge is 0.376 e. The molecule has 0 saturated heterocycles. The maximum absolute atomic E-state index is 12.5. The van der Waals surface area contributed by atoms with Gasteiger partial charge in [0.2, 0.25) is 15.9 Å². The summed E-state index contributed by atoms with van der Waals surface area (Å²) in [5.74, 6) is -0.233. The smallest absolute Gasteiger partial charge is 0.243 e. The molecule has 27 heavy (non-hydrogen) atoms. The number of sulfonamides is 1. The van der Waals surface area contributed by atoms with E-state index in [1.807, 2.05) is 19.1 Å². The predicted octanol–water partition coefficient (Wildman–Crippen LogP) is 3.73. The van der Waals surface area contributed by atoms with E-state index in [4.69, 9.17) is 11.6 Å². The summed E-state index contributed by atoms with van der Waals surface area (Å²) in [5.41, 5.74) is 2.31. The number of rotatable bonds is 8. The minimum Gasteiger partial charge on any atom is -0.376 e. The monoisotopic (exact) mass is 409 g/mol. The fourth-order valence-electron chi connectivity index (χ4n) is 2.63. The van der Waals surface area contributed by atoms with Crippen molar-refractivity contribution in [1.29, 1.82) is 0 Å². The van der Waals surface area contributed by atoms with Gasteiger partial charge in [-0.1, -0.05) is 25.4 Å². The number of benzene rings is 2. The van der Waals surface area contributed by atoms with Gasteiger partial charge in [-0.25, -0.2) is 8.42 Å². The Kier molecular flexibility index (Phi) is 7.24. The number of hydrogen-bond acceptors (Lipinski definition) is 4. The maximum atomic E-state index is 12.5. The van der Waals surface area contributed by atoms with Crippen LogP contribution in [0.15, 0.2) is 47.4 Å². The zero-order valence-corrected chi connectivity index (χ0v) is 17.2. The van der Waals surface area contributed by atoms with E-state index in [1.54, 1.807) is 32.0 Å². The molecule has 0 spiro atoms. The molecule has 0 atom stereocenters. The molecule has 0 heterocycles. The maximum Gasteiger partial charge on any atom is 0.243 e. The Balaban J connectivity index is 1.98. The quantitative estimate of drug-likeness (QED) is 0.696. The molecule has 0 bridgehead atoms. The summed E-state index contributed by atoms with van der Waals surface area (Å²) >= 11 is 5.92. The number of anilines is 2. The Labute approximate surface area is 165 Å². The zero-order chi connectivity index (χ0) is 20.0. The van der Waals surface area contributed by atoms with E-state index in [-0.39, 0.29) is 17.3 Å². The number of halogens is 1. The lowest BCUT2D eigenvalue weighted by Crippen LogP contribution is -2.30. The van der Waals surface area contributed by atoms with E-state index >= 15 is 0 Å². The molecule has 146 valence electrons. The zero-order valence-electron chi connectivity index (χ0n) is 15.6. The summed E-state index contributed by atoms with van der Waals surface area (Å²) in [6.07, 6.45) is 0. The highest BCUT2D eigenvalue weighted by Crippen LogP contribution is 2.20. The van der Waals surface area contributed by atoms with Gasteiger partial charge in [-0.05, 0) is 55.0 Å². The van der Waals surface area contributed by atoms with Crippen molar-refractivity contribution < 1.29 is 13.2 Å². The van der Waals surface area contributed by atoms with Crippen molar-refractivity contribution >= 4 is 38.9 Å². The van der Waals surface area contributed by atoms with Crippen LogP contribution >= 0.6 is 11.6 Å². The summed E-state index contributed by atoms with van der Waals surface area (Å²) in [7, 11) is -3.50. The van der Waals surface area contributed by atoms with Crippen LogP contribution in [-0.2, 0) is 14.8 Å². The topological polar surface area (TPSA) is 78.5 Å². The predicted molar refractivity (Wildman–Crippen MR) is 110 cm³/mol. The lowest BCUT2D eigenvalue weighted by Gasteiger charge is -2.18. The second-order valence-electron chi connectivity index (χ2n) is 5.97. The summed E-state index contributed by atoms with van der Waals surface area (Å²) in [4.78, 5) is 12.3. The summed E-state index contributed by atoms with van der Waals surface area (Å²) in [6, 6.07) is 11.6. The summed E-state index contributed by atoms with van der Waals surface area (Å²) in [6.45, 7) is 6.40. The summed E-state index contributed by atoms with van der Waals surface area (Å²) < 4.78 is 26.3. The van der Waals surface area contributed by atoms with Crippen LogP contribution in [0, 0.1) is 6.92 Å². The Hall–Kier alpha value is -2.09. The molecule has 2 N–H and O–H groups in total. The first-order valence-corrected chi connectivity index (χ1v) is 10.5. The number of carbonyl (C=O) groups excluding carboxylic acids is 1. The van der Waals surface area contributed by atoms with Crippen LogP contribution in [0.5, 0.6) is 0 Å². The first-order valence-electron chi connectivity index (χ1n) is 8.68. The first kappa shape index (κ1) is 21.2. The molecule has 0 aromatic heterocycles. The van der Waals surface area contributed by atoms with Crippen molar-refractivity contribution in [2.24, 2.45) is 0 Å². The number of nitrogens with zero attached hydrogens (tertiary/aromatic N) is 1. The van der Waals surface area contributed by atoms with Gasteiger partial charge < -0.3 is 10.6 Å². The van der Waals surface area contributed by atoms with E-state index in [1.165, 1.54) is 16.4 Å². The van der Waals surface area contributed by atoms with Gasteiger partial charge in [-0.3, -0.25) is 4.79 Å². The van der Waals surface area contributed by atoms with Crippen molar-refractivity contribution in [3.8, 4) is 0 Å². The van der Waals surface area contributed by atoms with Crippen LogP contribution < -0.4 is 10.6 Å². The Morgan fingerprint density at radius 2 is 1.70 bits per heavy atom. The van der Waals surface area contributed by atoms with Crippen LogP contribution in [0.3, 0.4) is 0 Å². The average Bonchev–Trinajstić information content (AvgIpc) is 2.62. The minimum absolute atomic E-state index is 0.0853. The second kappa shape index (κ2) is 9.21. The highest BCUT2D eigenvalue weighted by Gasteiger charge is 2.21. The fourth-order valence-corrected chi connectivity index (χ4v) is 4.31. The van der Waals surface area contributed by atoms with Gasteiger partial charge in [0.25, 0.3) is 0 Å². The molecular formula is C19H24ClN3O3S. The van der Waals surface area contributed by atoms with Crippen molar-refractivity contribution in [3.63, 3.8) is 0 Å². The normalized spacial score (nSPS) is 11.4. The molecule has 2 aromatic rings. The van der Waals surface area contributed by atoms with E-state index in [0.717, 1.165) is 11.3 Å². The van der Waals surface area contributed by atoms with Gasteiger partial charge in [0, 0.05) is 29.5 Å². The minimum atomic E-state index is -3.50. The third-order valence-electron chi connectivity index (χ3n) is 4.11. The SMILES string of the molecule is CCN(CC)S(=O)(=O)c1ccc(NC(=O)CNc2ccc(Cl)cc2C)cc1. The fraction of sp³-hybridized carbons (Fsp3) is 0.316. The molecule has 0 saturated carbocycles. The molecule has 0 aliphatic heterocycles. The second-order valence-corrected chi connectivity index (χ2v) is 8.35. The molecule has 1 amide bonds. The lowest BCUT2D eigenvalue weighted by atomic mass is 10.2. The molecule has 2 aromatic carbocycles. The molecule has 0 aliphatic rings. The van der Waals surface area contributed by atoms with E-state index < -0.39 is 10.0 Å². The number of nitrogens with one attached hydrogen (secondary N) is 2. The average molecular weight is 410 g/mol. The van der Waals surface area contributed by atoms with Gasteiger partial charge in [0.05, 0.1) is 11.4 Å². The molecule has 6 nitrogen and oxygen atoms in total. The Morgan fingerprint density at radius 3 is 2.26 bits per heavy atom. The van der Waals surface area contributed by atoms with Crippen molar-refractivity contribution in [1.82, 2.24) is 4.31 Å². The highest BCUT2D eigenvalue weighted by molar-refractivity contribution is 7.89. The third kappa shape index (κ3) is 5.45. The standard InChI is InChI=1S/C19H24ClN3O3S/c1-4-23(5-2)27(25,26)17-9-7-16(8-10-17)22-19(24)13-21-18-11-6-15(20)12-14(18)3/h6-12,21H,4-5,13H2,1-3H3,(H,22,24). The van der Waals surface area contributed by atoms with Crippen LogP contribution in [0.1, 0.15) is 19.4 Å². The Bertz CT molecular complexity index is 895. The first-order chi connectivity index (χ1) is 12.8. The van der Waals surface area contributed by atoms with E-state index in [2.05, 4.69) is 10.6 Å². The Morgan fingerprint density at radius 1 is 1.07 bits per heavy atom. The van der Waals surface area contributed by atoms with Crippen LogP contribution in [0.4, 0.5) is 11.4 Å². The van der Waals surface area contributed by atoms with Crippen LogP contribution in [0.2, 0.25) is 5.02 Å². The number of aryl methyl sites for hydroxylation is 1. The van der Waals surface area contributed by atoms with Gasteiger partial charge in [-0.2, -0.15) is 4.31 Å². The number of amides is 1. The number of hydrogen-bond donors (Lipinski definition) is 2. The summed E-state index contributed by atoms with van der Waals surface area (Å²) in [5, 5.41) is 6.44. The van der Waals surface area contributed by atoms with Gasteiger partial charge >= 0.3 is 0 Å². The van der Waals surface area contributed by atoms with Crippen LogP contribution in [0.25, 0.3) is 0 Å². The third-order valence-corrected chi connectivity index (χ3v) is 6.41. The molecule has 0 aliphatic carbocycles. The van der Waals surface area contributed by atoms with Gasteiger partial charge in [0.1, 0.15) is 0 Å². The van der Waals surface area contributed by atoms with Crippen molar-refractivity contribution in [3.05, 3.63) is 53.1 Å². The molecule has 2 rings (SSSR count). The van der Waals surface area contributed by atoms with Crippen molar-refractivity contribution in [2.45, 2.75) is 25.7 Å². The van der Waals surface area contributed by atoms with Gasteiger partial charge in [-0.15, -0.1) is 0 Å². The molecule has 0 radical (unpaired) electrons. The van der Waals surface area contributed by atoms with E-state index in [0.29, 0.717) is 23.8 Å². The number of carbonyl (C=O) groups is 1. The van der Waals surface area contributed by atoms with E-state index in [9.17, 15) is 13.2 Å². The highest BCUT2D eigenvalue weighted by atomic mass is 35.5. The molecular weight excluding hydrogens is 386 g/mol. The molecule has 0 unspecified atom stereocenters. The molecule has 8 heteroatoms. The molecule has 0 fully saturated rings. The van der Waals surface area contributed by atoms with Crippen LogP contribution in [-0.4, -0.2) is 38.3 Å².